The molecule has 0 heterocycles. The lowest BCUT2D eigenvalue weighted by atomic mass is 10.3. The fourth-order valence-electron chi connectivity index (χ4n) is 1.03. The van der Waals surface area contributed by atoms with Gasteiger partial charge < -0.3 is 5.32 Å². The van der Waals surface area contributed by atoms with Crippen LogP contribution in [0.1, 0.15) is 6.92 Å². The molecule has 0 saturated carbocycles. The molecule has 0 aromatic heterocycles. The van der Waals surface area contributed by atoms with Crippen LogP contribution in [0.5, 0.6) is 0 Å². The van der Waals surface area contributed by atoms with Crippen LogP contribution in [0.15, 0.2) is 24.3 Å². The molecule has 0 atom stereocenters. The second-order valence-electron chi connectivity index (χ2n) is 3.08. The first-order valence-electron chi connectivity index (χ1n) is 4.37. The van der Waals surface area contributed by atoms with Crippen molar-refractivity contribution in [3.63, 3.8) is 0 Å². The van der Waals surface area contributed by atoms with Crippen molar-refractivity contribution < 1.29 is 13.2 Å². The van der Waals surface area contributed by atoms with Gasteiger partial charge in [0.05, 0.1) is 0 Å². The van der Waals surface area contributed by atoms with Gasteiger partial charge in [-0.2, -0.15) is 0 Å². The zero-order valence-corrected chi connectivity index (χ0v) is 10.1. The van der Waals surface area contributed by atoms with Crippen molar-refractivity contribution in [2.24, 2.45) is 0 Å². The number of hydrogen-bond donors (Lipinski definition) is 2. The van der Waals surface area contributed by atoms with Crippen molar-refractivity contribution in [1.82, 2.24) is 0 Å². The standard InChI is InChI=1S/C9H11ClN2O3S/c1-7(13)11-8-2-4-9(5-3-8)12-16(14,15)6-10/h2-5,12H,6H2,1H3,(H,11,13). The average molecular weight is 263 g/mol. The third kappa shape index (κ3) is 4.08. The summed E-state index contributed by atoms with van der Waals surface area (Å²) >= 11 is 5.24. The van der Waals surface area contributed by atoms with Crippen molar-refractivity contribution in [2.45, 2.75) is 6.92 Å². The molecule has 16 heavy (non-hydrogen) atoms. The van der Waals surface area contributed by atoms with Crippen molar-refractivity contribution in [2.75, 3.05) is 15.3 Å². The lowest BCUT2D eigenvalue weighted by Crippen LogP contribution is -2.13. The molecule has 5 nitrogen and oxygen atoms in total. The average Bonchev–Trinajstić information content (AvgIpc) is 2.20. The lowest BCUT2D eigenvalue weighted by Gasteiger charge is -2.06. The van der Waals surface area contributed by atoms with Crippen LogP contribution in [0.4, 0.5) is 11.4 Å². The third-order valence-electron chi connectivity index (χ3n) is 1.62. The summed E-state index contributed by atoms with van der Waals surface area (Å²) in [6.45, 7) is 1.39. The van der Waals surface area contributed by atoms with Crippen molar-refractivity contribution in [3.8, 4) is 0 Å². The fourth-order valence-corrected chi connectivity index (χ4v) is 1.75. The highest BCUT2D eigenvalue weighted by Gasteiger charge is 2.07. The number of amides is 1. The van der Waals surface area contributed by atoms with E-state index in [1.807, 2.05) is 0 Å². The number of alkyl halides is 1. The Bertz CT molecular complexity index is 470. The second kappa shape index (κ2) is 5.18. The summed E-state index contributed by atoms with van der Waals surface area (Å²) in [5.74, 6) is -0.186. The number of benzene rings is 1. The minimum Gasteiger partial charge on any atom is -0.326 e. The molecule has 0 aliphatic carbocycles. The van der Waals surface area contributed by atoms with Gasteiger partial charge in [-0.05, 0) is 24.3 Å². The molecule has 0 radical (unpaired) electrons. The molecule has 7 heteroatoms. The smallest absolute Gasteiger partial charge is 0.246 e. The summed E-state index contributed by atoms with van der Waals surface area (Å²) < 4.78 is 24.5. The Hall–Kier alpha value is -1.27. The van der Waals surface area contributed by atoms with Crippen LogP contribution in [0.25, 0.3) is 0 Å². The summed E-state index contributed by atoms with van der Waals surface area (Å²) in [5, 5.41) is 2.07. The van der Waals surface area contributed by atoms with E-state index in [0.717, 1.165) is 0 Å². The van der Waals surface area contributed by atoms with Gasteiger partial charge in [-0.3, -0.25) is 9.52 Å². The van der Waals surface area contributed by atoms with E-state index in [1.165, 1.54) is 19.1 Å². The van der Waals surface area contributed by atoms with E-state index >= 15 is 0 Å². The molecule has 1 amide bonds. The third-order valence-corrected chi connectivity index (χ3v) is 3.32. The maximum atomic E-state index is 11.1. The van der Waals surface area contributed by atoms with Crippen LogP contribution in [-0.4, -0.2) is 19.5 Å². The number of nitrogens with one attached hydrogen (secondary N) is 2. The highest BCUT2D eigenvalue weighted by atomic mass is 35.5. The number of halogens is 1. The maximum absolute atomic E-state index is 11.1. The number of carbonyl (C=O) groups excluding carboxylic acids is 1. The second-order valence-corrected chi connectivity index (χ2v) is 5.39. The van der Waals surface area contributed by atoms with Crippen molar-refractivity contribution >= 4 is 38.9 Å². The maximum Gasteiger partial charge on any atom is 0.246 e. The van der Waals surface area contributed by atoms with Gasteiger partial charge >= 0.3 is 0 Å². The van der Waals surface area contributed by atoms with Gasteiger partial charge in [0.1, 0.15) is 5.21 Å². The molecule has 0 unspecified atom stereocenters. The van der Waals surface area contributed by atoms with E-state index in [4.69, 9.17) is 11.6 Å². The normalized spacial score (nSPS) is 10.9. The molecule has 0 aliphatic heterocycles. The van der Waals surface area contributed by atoms with Gasteiger partial charge in [0.2, 0.25) is 15.9 Å². The molecule has 1 aromatic rings. The highest BCUT2D eigenvalue weighted by molar-refractivity contribution is 7.93. The number of anilines is 2. The number of carbonyl (C=O) groups is 1. The Morgan fingerprint density at radius 1 is 1.25 bits per heavy atom. The number of rotatable bonds is 4. The first kappa shape index (κ1) is 12.8. The van der Waals surface area contributed by atoms with Gasteiger partial charge in [-0.15, -0.1) is 11.6 Å². The van der Waals surface area contributed by atoms with Gasteiger partial charge in [0.15, 0.2) is 0 Å². The van der Waals surface area contributed by atoms with Gasteiger partial charge in [-0.1, -0.05) is 0 Å². The SMILES string of the molecule is CC(=O)Nc1ccc(NS(=O)(=O)CCl)cc1. The zero-order chi connectivity index (χ0) is 12.2. The summed E-state index contributed by atoms with van der Waals surface area (Å²) in [5.41, 5.74) is 0.996. The molecular formula is C9H11ClN2O3S. The van der Waals surface area contributed by atoms with E-state index in [9.17, 15) is 13.2 Å². The van der Waals surface area contributed by atoms with Crippen LogP contribution in [0, 0.1) is 0 Å². The largest absolute Gasteiger partial charge is 0.326 e. The topological polar surface area (TPSA) is 75.3 Å². The summed E-state index contributed by atoms with van der Waals surface area (Å²) in [7, 11) is -3.48. The van der Waals surface area contributed by atoms with Gasteiger partial charge in [-0.25, -0.2) is 8.42 Å². The quantitative estimate of drug-likeness (QED) is 0.809. The van der Waals surface area contributed by atoms with Crippen LogP contribution in [0.2, 0.25) is 0 Å². The fraction of sp³-hybridized carbons (Fsp3) is 0.222. The predicted molar refractivity (Wildman–Crippen MR) is 64.0 cm³/mol. The lowest BCUT2D eigenvalue weighted by molar-refractivity contribution is -0.114. The van der Waals surface area contributed by atoms with E-state index in [-0.39, 0.29) is 5.91 Å². The van der Waals surface area contributed by atoms with Crippen molar-refractivity contribution in [3.05, 3.63) is 24.3 Å². The molecule has 0 fully saturated rings. The van der Waals surface area contributed by atoms with Gasteiger partial charge in [0, 0.05) is 18.3 Å². The van der Waals surface area contributed by atoms with Crippen LogP contribution in [0.3, 0.4) is 0 Å². The Morgan fingerprint density at radius 2 is 1.75 bits per heavy atom. The monoisotopic (exact) mass is 262 g/mol. The number of sulfonamides is 1. The van der Waals surface area contributed by atoms with E-state index < -0.39 is 15.2 Å². The summed E-state index contributed by atoms with van der Waals surface area (Å²) in [6, 6.07) is 6.26. The van der Waals surface area contributed by atoms with Crippen LogP contribution < -0.4 is 10.0 Å². The number of hydrogen-bond acceptors (Lipinski definition) is 3. The van der Waals surface area contributed by atoms with E-state index in [2.05, 4.69) is 10.0 Å². The predicted octanol–water partition coefficient (Wildman–Crippen LogP) is 1.58. The minimum absolute atomic E-state index is 0.186. The minimum atomic E-state index is -3.48. The van der Waals surface area contributed by atoms with Crippen LogP contribution in [-0.2, 0) is 14.8 Å². The molecule has 2 N–H and O–H groups in total. The zero-order valence-electron chi connectivity index (χ0n) is 8.53. The molecule has 0 aliphatic rings. The summed E-state index contributed by atoms with van der Waals surface area (Å²) in [6.07, 6.45) is 0. The van der Waals surface area contributed by atoms with Crippen molar-refractivity contribution in [1.29, 1.82) is 0 Å². The molecule has 1 rings (SSSR count). The molecule has 88 valence electrons. The first-order valence-corrected chi connectivity index (χ1v) is 6.56. The van der Waals surface area contributed by atoms with Crippen LogP contribution >= 0.6 is 11.6 Å². The Balaban J connectivity index is 2.76. The Labute approximate surface area is 98.9 Å². The summed E-state index contributed by atoms with van der Waals surface area (Å²) in [4.78, 5) is 10.7. The Kier molecular flexibility index (Phi) is 4.14. The first-order chi connectivity index (χ1) is 7.43. The molecule has 0 spiro atoms. The van der Waals surface area contributed by atoms with Gasteiger partial charge in [0.25, 0.3) is 0 Å². The molecule has 0 saturated heterocycles. The van der Waals surface area contributed by atoms with E-state index in [1.54, 1.807) is 12.1 Å². The van der Waals surface area contributed by atoms with E-state index in [0.29, 0.717) is 11.4 Å². The highest BCUT2D eigenvalue weighted by Crippen LogP contribution is 2.15. The Morgan fingerprint density at radius 3 is 2.19 bits per heavy atom. The molecule has 0 bridgehead atoms. The molecule has 1 aromatic carbocycles. The molecular weight excluding hydrogens is 252 g/mol.